The van der Waals surface area contributed by atoms with Crippen LogP contribution in [-0.2, 0) is 0 Å². The number of aromatic nitrogens is 1. The average molecular weight is 258 g/mol. The fourth-order valence-corrected chi connectivity index (χ4v) is 2.59. The van der Waals surface area contributed by atoms with E-state index in [1.165, 1.54) is 19.3 Å². The molecule has 0 aliphatic heterocycles. The molecule has 0 amide bonds. The number of oxazole rings is 1. The van der Waals surface area contributed by atoms with Gasteiger partial charge in [0.25, 0.3) is 0 Å². The summed E-state index contributed by atoms with van der Waals surface area (Å²) in [5, 5.41) is 3.54. The normalized spacial score (nSPS) is 17.1. The van der Waals surface area contributed by atoms with Gasteiger partial charge in [-0.15, -0.1) is 0 Å². The highest BCUT2D eigenvalue weighted by molar-refractivity contribution is 5.77. The molecule has 1 N–H and O–H groups in total. The van der Waals surface area contributed by atoms with Gasteiger partial charge in [-0.05, 0) is 50.3 Å². The highest BCUT2D eigenvalue weighted by atomic mass is 16.3. The van der Waals surface area contributed by atoms with Crippen LogP contribution >= 0.6 is 0 Å². The van der Waals surface area contributed by atoms with Crippen LogP contribution in [0.2, 0.25) is 0 Å². The minimum atomic E-state index is 0.479. The molecule has 1 saturated carbocycles. The summed E-state index contributed by atoms with van der Waals surface area (Å²) in [5.74, 6) is 2.20. The second kappa shape index (κ2) is 4.87. The molecule has 1 aliphatic rings. The molecule has 0 radical (unpaired) electrons. The quantitative estimate of drug-likeness (QED) is 0.854. The molecule has 1 fully saturated rings. The van der Waals surface area contributed by atoms with Crippen molar-refractivity contribution in [1.82, 2.24) is 4.98 Å². The Morgan fingerprint density at radius 2 is 2.11 bits per heavy atom. The van der Waals surface area contributed by atoms with Crippen LogP contribution in [0.1, 0.15) is 51.8 Å². The van der Waals surface area contributed by atoms with E-state index in [0.29, 0.717) is 17.9 Å². The summed E-state index contributed by atoms with van der Waals surface area (Å²) in [5.41, 5.74) is 3.02. The van der Waals surface area contributed by atoms with Crippen LogP contribution in [0.15, 0.2) is 22.6 Å². The molecular formula is C16H22N2O. The number of nitrogens with one attached hydrogen (secondary N) is 1. The average Bonchev–Trinajstić information content (AvgIpc) is 3.08. The molecule has 1 aromatic heterocycles. The summed E-state index contributed by atoms with van der Waals surface area (Å²) in [6.07, 6.45) is 3.62. The Kier molecular flexibility index (Phi) is 3.21. The van der Waals surface area contributed by atoms with Crippen molar-refractivity contribution in [3.8, 4) is 0 Å². The standard InChI is InChI=1S/C16H22N2O/c1-10(2)8-11(3)17-13-6-7-15-14(9-13)18-16(19-15)12-4-5-12/h6-7,9-12,17H,4-5,8H2,1-3H3. The van der Waals surface area contributed by atoms with Gasteiger partial charge in [0, 0.05) is 17.6 Å². The van der Waals surface area contributed by atoms with Crippen molar-refractivity contribution < 1.29 is 4.42 Å². The van der Waals surface area contributed by atoms with Gasteiger partial charge >= 0.3 is 0 Å². The maximum atomic E-state index is 5.78. The third-order valence-electron chi connectivity index (χ3n) is 3.57. The van der Waals surface area contributed by atoms with Crippen molar-refractivity contribution in [2.45, 2.75) is 52.0 Å². The lowest BCUT2D eigenvalue weighted by molar-refractivity contribution is 0.533. The van der Waals surface area contributed by atoms with Crippen LogP contribution in [0.3, 0.4) is 0 Å². The smallest absolute Gasteiger partial charge is 0.198 e. The van der Waals surface area contributed by atoms with Gasteiger partial charge in [-0.25, -0.2) is 4.98 Å². The maximum absolute atomic E-state index is 5.78. The van der Waals surface area contributed by atoms with E-state index in [-0.39, 0.29) is 0 Å². The molecule has 3 nitrogen and oxygen atoms in total. The molecule has 0 saturated heterocycles. The SMILES string of the molecule is CC(C)CC(C)Nc1ccc2oc(C3CC3)nc2c1. The van der Waals surface area contributed by atoms with Crippen molar-refractivity contribution in [2.75, 3.05) is 5.32 Å². The summed E-state index contributed by atoms with van der Waals surface area (Å²) in [4.78, 5) is 4.60. The number of hydrogen-bond donors (Lipinski definition) is 1. The molecule has 1 heterocycles. The van der Waals surface area contributed by atoms with Gasteiger partial charge in [0.2, 0.25) is 0 Å². The minimum absolute atomic E-state index is 0.479. The van der Waals surface area contributed by atoms with E-state index in [0.717, 1.165) is 22.7 Å². The van der Waals surface area contributed by atoms with Crippen molar-refractivity contribution in [3.63, 3.8) is 0 Å². The molecule has 0 bridgehead atoms. The molecule has 0 spiro atoms. The van der Waals surface area contributed by atoms with Gasteiger partial charge in [-0.1, -0.05) is 13.8 Å². The molecule has 1 unspecified atom stereocenters. The highest BCUT2D eigenvalue weighted by Crippen LogP contribution is 2.40. The van der Waals surface area contributed by atoms with Gasteiger partial charge in [0.1, 0.15) is 5.52 Å². The zero-order valence-corrected chi connectivity index (χ0v) is 11.9. The summed E-state index contributed by atoms with van der Waals surface area (Å²) >= 11 is 0. The third kappa shape index (κ3) is 2.91. The molecule has 3 rings (SSSR count). The zero-order valence-electron chi connectivity index (χ0n) is 11.9. The minimum Gasteiger partial charge on any atom is -0.440 e. The van der Waals surface area contributed by atoms with Gasteiger partial charge in [-0.3, -0.25) is 0 Å². The van der Waals surface area contributed by atoms with Gasteiger partial charge in [0.15, 0.2) is 11.5 Å². The molecule has 3 heteroatoms. The number of anilines is 1. The zero-order chi connectivity index (χ0) is 13.4. The topological polar surface area (TPSA) is 38.1 Å². The predicted octanol–water partition coefficient (Wildman–Crippen LogP) is 4.55. The van der Waals surface area contributed by atoms with Crippen LogP contribution in [0.5, 0.6) is 0 Å². The Morgan fingerprint density at radius 3 is 2.79 bits per heavy atom. The first-order valence-corrected chi connectivity index (χ1v) is 7.29. The molecule has 2 aromatic rings. The number of fused-ring (bicyclic) bond motifs is 1. The molecular weight excluding hydrogens is 236 g/mol. The van der Waals surface area contributed by atoms with Crippen molar-refractivity contribution in [3.05, 3.63) is 24.1 Å². The highest BCUT2D eigenvalue weighted by Gasteiger charge is 2.28. The van der Waals surface area contributed by atoms with Gasteiger partial charge < -0.3 is 9.73 Å². The second-order valence-electron chi connectivity index (χ2n) is 6.18. The van der Waals surface area contributed by atoms with Crippen LogP contribution in [-0.4, -0.2) is 11.0 Å². The van der Waals surface area contributed by atoms with E-state index in [9.17, 15) is 0 Å². The van der Waals surface area contributed by atoms with Gasteiger partial charge in [0.05, 0.1) is 0 Å². The number of hydrogen-bond acceptors (Lipinski definition) is 3. The number of rotatable bonds is 5. The monoisotopic (exact) mass is 258 g/mol. The fourth-order valence-electron chi connectivity index (χ4n) is 2.59. The number of benzene rings is 1. The second-order valence-corrected chi connectivity index (χ2v) is 6.18. The predicted molar refractivity (Wildman–Crippen MR) is 78.5 cm³/mol. The van der Waals surface area contributed by atoms with Crippen LogP contribution < -0.4 is 5.32 Å². The summed E-state index contributed by atoms with van der Waals surface area (Å²) in [6.45, 7) is 6.73. The molecule has 1 aliphatic carbocycles. The van der Waals surface area contributed by atoms with Crippen LogP contribution in [0.4, 0.5) is 5.69 Å². The molecule has 1 aromatic carbocycles. The lowest BCUT2D eigenvalue weighted by Crippen LogP contribution is -2.17. The maximum Gasteiger partial charge on any atom is 0.198 e. The largest absolute Gasteiger partial charge is 0.440 e. The van der Waals surface area contributed by atoms with Crippen LogP contribution in [0.25, 0.3) is 11.1 Å². The van der Waals surface area contributed by atoms with Gasteiger partial charge in [-0.2, -0.15) is 0 Å². The van der Waals surface area contributed by atoms with E-state index >= 15 is 0 Å². The Labute approximate surface area is 114 Å². The molecule has 102 valence electrons. The van der Waals surface area contributed by atoms with Crippen molar-refractivity contribution in [2.24, 2.45) is 5.92 Å². The Bertz CT molecular complexity index is 569. The fraction of sp³-hybridized carbons (Fsp3) is 0.562. The lowest BCUT2D eigenvalue weighted by Gasteiger charge is -2.16. The summed E-state index contributed by atoms with van der Waals surface area (Å²) in [6, 6.07) is 6.69. The first kappa shape index (κ1) is 12.5. The molecule has 19 heavy (non-hydrogen) atoms. The van der Waals surface area contributed by atoms with Crippen LogP contribution in [0, 0.1) is 5.92 Å². The summed E-state index contributed by atoms with van der Waals surface area (Å²) < 4.78 is 5.78. The Morgan fingerprint density at radius 1 is 1.32 bits per heavy atom. The van der Waals surface area contributed by atoms with Crippen molar-refractivity contribution in [1.29, 1.82) is 0 Å². The van der Waals surface area contributed by atoms with E-state index < -0.39 is 0 Å². The van der Waals surface area contributed by atoms with Crippen molar-refractivity contribution >= 4 is 16.8 Å². The van der Waals surface area contributed by atoms with E-state index in [1.54, 1.807) is 0 Å². The summed E-state index contributed by atoms with van der Waals surface area (Å²) in [7, 11) is 0. The Balaban J connectivity index is 1.76. The van der Waals surface area contributed by atoms with E-state index in [4.69, 9.17) is 4.42 Å². The lowest BCUT2D eigenvalue weighted by atomic mass is 10.1. The first-order valence-electron chi connectivity index (χ1n) is 7.29. The third-order valence-corrected chi connectivity index (χ3v) is 3.57. The van der Waals surface area contributed by atoms with E-state index in [1.807, 2.05) is 6.07 Å². The van der Waals surface area contributed by atoms with E-state index in [2.05, 4.69) is 43.2 Å². The first-order chi connectivity index (χ1) is 9.11. The molecule has 1 atom stereocenters. The number of nitrogens with zero attached hydrogens (tertiary/aromatic N) is 1. The Hall–Kier alpha value is -1.51.